The molecule has 1 unspecified atom stereocenters. The van der Waals surface area contributed by atoms with Crippen LogP contribution in [0.2, 0.25) is 0 Å². The van der Waals surface area contributed by atoms with Crippen molar-refractivity contribution in [3.63, 3.8) is 0 Å². The molecule has 2 N–H and O–H groups in total. The summed E-state index contributed by atoms with van der Waals surface area (Å²) >= 11 is 0. The molecule has 1 heterocycles. The summed E-state index contributed by atoms with van der Waals surface area (Å²) < 4.78 is 1.89. The van der Waals surface area contributed by atoms with Crippen molar-refractivity contribution in [1.29, 1.82) is 0 Å². The molecule has 0 aliphatic heterocycles. The number of hydrogen-bond acceptors (Lipinski definition) is 2. The molecule has 1 aromatic heterocycles. The minimum absolute atomic E-state index is 0.0968. The molecule has 0 radical (unpaired) electrons. The standard InChI is InChI=1S/C20H30N4O/c1-3-4-5-6-9-17(2)23-20(25)21-15-18-10-7-11-19(14-18)16-24-13-8-12-22-24/h7-8,10-14,17H,3-6,9,15-16H2,1-2H3,(H2,21,23,25). The quantitative estimate of drug-likeness (QED) is 0.639. The van der Waals surface area contributed by atoms with Crippen LogP contribution >= 0.6 is 0 Å². The van der Waals surface area contributed by atoms with Gasteiger partial charge in [0.1, 0.15) is 0 Å². The van der Waals surface area contributed by atoms with Crippen LogP contribution in [0.15, 0.2) is 42.7 Å². The van der Waals surface area contributed by atoms with E-state index in [-0.39, 0.29) is 12.1 Å². The number of hydrogen-bond donors (Lipinski definition) is 2. The Morgan fingerprint density at radius 1 is 1.20 bits per heavy atom. The van der Waals surface area contributed by atoms with Gasteiger partial charge >= 0.3 is 6.03 Å². The number of nitrogens with one attached hydrogen (secondary N) is 2. The first kappa shape index (κ1) is 19.0. The molecule has 0 saturated carbocycles. The van der Waals surface area contributed by atoms with E-state index in [1.54, 1.807) is 6.20 Å². The summed E-state index contributed by atoms with van der Waals surface area (Å²) in [7, 11) is 0. The van der Waals surface area contributed by atoms with Crippen molar-refractivity contribution in [2.24, 2.45) is 0 Å². The van der Waals surface area contributed by atoms with Crippen LogP contribution in [0.3, 0.4) is 0 Å². The van der Waals surface area contributed by atoms with Gasteiger partial charge in [0.05, 0.1) is 6.54 Å². The van der Waals surface area contributed by atoms with Crippen molar-refractivity contribution in [3.05, 3.63) is 53.9 Å². The van der Waals surface area contributed by atoms with E-state index in [1.165, 1.54) is 31.2 Å². The van der Waals surface area contributed by atoms with Crippen LogP contribution in [-0.2, 0) is 13.1 Å². The number of rotatable bonds is 10. The number of unbranched alkanes of at least 4 members (excludes halogenated alkanes) is 3. The summed E-state index contributed by atoms with van der Waals surface area (Å²) in [6, 6.07) is 10.3. The first-order valence-corrected chi connectivity index (χ1v) is 9.27. The third-order valence-electron chi connectivity index (χ3n) is 4.22. The second-order valence-electron chi connectivity index (χ2n) is 6.60. The van der Waals surface area contributed by atoms with Crippen molar-refractivity contribution in [3.8, 4) is 0 Å². The Kier molecular flexibility index (Phi) is 8.02. The molecule has 0 bridgehead atoms. The second kappa shape index (κ2) is 10.5. The van der Waals surface area contributed by atoms with Gasteiger partial charge in [-0.3, -0.25) is 4.68 Å². The van der Waals surface area contributed by atoms with Gasteiger partial charge in [0.15, 0.2) is 0 Å². The normalized spacial score (nSPS) is 11.9. The Morgan fingerprint density at radius 3 is 2.80 bits per heavy atom. The summed E-state index contributed by atoms with van der Waals surface area (Å²) in [5.74, 6) is 0. The highest BCUT2D eigenvalue weighted by atomic mass is 16.2. The largest absolute Gasteiger partial charge is 0.336 e. The van der Waals surface area contributed by atoms with Crippen molar-refractivity contribution in [2.45, 2.75) is 65.1 Å². The van der Waals surface area contributed by atoms with Crippen LogP contribution in [0, 0.1) is 0 Å². The second-order valence-corrected chi connectivity index (χ2v) is 6.60. The average molecular weight is 342 g/mol. The molecule has 1 aromatic carbocycles. The number of carbonyl (C=O) groups excluding carboxylic acids is 1. The maximum atomic E-state index is 12.0. The molecule has 2 aromatic rings. The highest BCUT2D eigenvalue weighted by Crippen LogP contribution is 2.07. The van der Waals surface area contributed by atoms with Crippen LogP contribution in [0.25, 0.3) is 0 Å². The Labute approximate surface area is 150 Å². The summed E-state index contributed by atoms with van der Waals surface area (Å²) in [5, 5.41) is 10.2. The lowest BCUT2D eigenvalue weighted by Gasteiger charge is -2.15. The highest BCUT2D eigenvalue weighted by molar-refractivity contribution is 5.74. The SMILES string of the molecule is CCCCCCC(C)NC(=O)NCc1cccc(Cn2cccn2)c1. The van der Waals surface area contributed by atoms with E-state index in [0.29, 0.717) is 6.54 Å². The van der Waals surface area contributed by atoms with Gasteiger partial charge in [-0.25, -0.2) is 4.79 Å². The first-order chi connectivity index (χ1) is 12.2. The molecule has 0 aliphatic rings. The molecule has 0 aliphatic carbocycles. The van der Waals surface area contributed by atoms with Crippen molar-refractivity contribution in [1.82, 2.24) is 20.4 Å². The molecule has 5 nitrogen and oxygen atoms in total. The molecule has 0 spiro atoms. The molecular weight excluding hydrogens is 312 g/mol. The van der Waals surface area contributed by atoms with Gasteiger partial charge in [-0.1, -0.05) is 56.9 Å². The van der Waals surface area contributed by atoms with E-state index >= 15 is 0 Å². The fraction of sp³-hybridized carbons (Fsp3) is 0.500. The molecule has 1 atom stereocenters. The highest BCUT2D eigenvalue weighted by Gasteiger charge is 2.07. The van der Waals surface area contributed by atoms with E-state index in [0.717, 1.165) is 18.5 Å². The molecule has 25 heavy (non-hydrogen) atoms. The number of carbonyl (C=O) groups is 1. The number of urea groups is 1. The van der Waals surface area contributed by atoms with E-state index in [9.17, 15) is 4.79 Å². The van der Waals surface area contributed by atoms with E-state index in [1.807, 2.05) is 29.1 Å². The van der Waals surface area contributed by atoms with Crippen molar-refractivity contribution >= 4 is 6.03 Å². The Balaban J connectivity index is 1.72. The Hall–Kier alpha value is -2.30. The maximum Gasteiger partial charge on any atom is 0.315 e. The summed E-state index contributed by atoms with van der Waals surface area (Å²) in [4.78, 5) is 12.0. The van der Waals surface area contributed by atoms with Crippen LogP contribution in [0.4, 0.5) is 4.79 Å². The zero-order chi connectivity index (χ0) is 17.9. The molecule has 5 heteroatoms. The maximum absolute atomic E-state index is 12.0. The molecule has 136 valence electrons. The predicted octanol–water partition coefficient (Wildman–Crippen LogP) is 4.09. The number of nitrogens with zero attached hydrogens (tertiary/aromatic N) is 2. The van der Waals surface area contributed by atoms with Gasteiger partial charge in [-0.15, -0.1) is 0 Å². The zero-order valence-electron chi connectivity index (χ0n) is 15.4. The van der Waals surface area contributed by atoms with E-state index < -0.39 is 0 Å². The average Bonchev–Trinajstić information content (AvgIpc) is 3.10. The number of amides is 2. The Bertz CT molecular complexity index is 624. The van der Waals surface area contributed by atoms with Crippen LogP contribution in [0.5, 0.6) is 0 Å². The van der Waals surface area contributed by atoms with Gasteiger partial charge in [0, 0.05) is 25.0 Å². The van der Waals surface area contributed by atoms with Crippen LogP contribution in [-0.4, -0.2) is 21.9 Å². The molecular formula is C20H30N4O. The minimum Gasteiger partial charge on any atom is -0.336 e. The first-order valence-electron chi connectivity index (χ1n) is 9.27. The molecule has 2 amide bonds. The van der Waals surface area contributed by atoms with Gasteiger partial charge in [-0.05, 0) is 30.5 Å². The minimum atomic E-state index is -0.0968. The third kappa shape index (κ3) is 7.42. The zero-order valence-corrected chi connectivity index (χ0v) is 15.4. The van der Waals surface area contributed by atoms with Gasteiger partial charge in [-0.2, -0.15) is 5.10 Å². The smallest absolute Gasteiger partial charge is 0.315 e. The lowest BCUT2D eigenvalue weighted by molar-refractivity contribution is 0.236. The third-order valence-corrected chi connectivity index (χ3v) is 4.22. The van der Waals surface area contributed by atoms with Gasteiger partial charge in [0.2, 0.25) is 0 Å². The van der Waals surface area contributed by atoms with Crippen molar-refractivity contribution in [2.75, 3.05) is 0 Å². The predicted molar refractivity (Wildman–Crippen MR) is 101 cm³/mol. The fourth-order valence-corrected chi connectivity index (χ4v) is 2.83. The summed E-state index contributed by atoms with van der Waals surface area (Å²) in [6.07, 6.45) is 9.68. The Morgan fingerprint density at radius 2 is 2.04 bits per heavy atom. The van der Waals surface area contributed by atoms with E-state index in [4.69, 9.17) is 0 Å². The van der Waals surface area contributed by atoms with Gasteiger partial charge in [0.25, 0.3) is 0 Å². The fourth-order valence-electron chi connectivity index (χ4n) is 2.83. The van der Waals surface area contributed by atoms with Crippen molar-refractivity contribution < 1.29 is 4.79 Å². The molecule has 0 fully saturated rings. The molecule has 0 saturated heterocycles. The van der Waals surface area contributed by atoms with E-state index in [2.05, 4.69) is 41.7 Å². The summed E-state index contributed by atoms with van der Waals surface area (Å²) in [6.45, 7) is 5.54. The number of aromatic nitrogens is 2. The van der Waals surface area contributed by atoms with Gasteiger partial charge < -0.3 is 10.6 Å². The monoisotopic (exact) mass is 342 g/mol. The topological polar surface area (TPSA) is 59.0 Å². The lowest BCUT2D eigenvalue weighted by Crippen LogP contribution is -2.40. The summed E-state index contributed by atoms with van der Waals surface area (Å²) in [5.41, 5.74) is 2.27. The van der Waals surface area contributed by atoms with Crippen LogP contribution in [0.1, 0.15) is 57.1 Å². The lowest BCUT2D eigenvalue weighted by atomic mass is 10.1. The number of benzene rings is 1. The van der Waals surface area contributed by atoms with Crippen LogP contribution < -0.4 is 10.6 Å². The molecule has 2 rings (SSSR count).